The molecule has 1 radical (unpaired) electrons. The predicted molar refractivity (Wildman–Crippen MR) is 99.4 cm³/mol. The fraction of sp³-hybridized carbons (Fsp3) is 1.00. The fourth-order valence-electron chi connectivity index (χ4n) is 2.15. The van der Waals surface area contributed by atoms with Crippen molar-refractivity contribution in [2.45, 2.75) is 90.9 Å². The van der Waals surface area contributed by atoms with Gasteiger partial charge in [-0.3, -0.25) is 0 Å². The molecular formula is C16H34O2PPrS2-. The Balaban J connectivity index is 0. The topological polar surface area (TPSA) is 32.3 Å². The molecule has 0 amide bonds. The Hall–Kier alpha value is 2.28. The van der Waals surface area contributed by atoms with Crippen LogP contribution in [0.15, 0.2) is 0 Å². The first-order chi connectivity index (χ1) is 10.1. The van der Waals surface area contributed by atoms with Gasteiger partial charge in [-0.1, -0.05) is 89.9 Å². The SMILES string of the molecule is CCCCCCCCOP([O-])(=S)SCCCCCCCC.[Pr]. The van der Waals surface area contributed by atoms with Crippen molar-refractivity contribution in [3.8, 4) is 0 Å². The maximum Gasteiger partial charge on any atom is 0.0513 e. The number of unbranched alkanes of at least 4 members (excludes halogenated alkanes) is 10. The van der Waals surface area contributed by atoms with Crippen LogP contribution in [0.5, 0.6) is 0 Å². The molecule has 131 valence electrons. The van der Waals surface area contributed by atoms with E-state index in [2.05, 4.69) is 13.8 Å². The van der Waals surface area contributed by atoms with E-state index >= 15 is 0 Å². The average molecular weight is 494 g/mol. The Morgan fingerprint density at radius 3 is 1.82 bits per heavy atom. The molecule has 0 aromatic carbocycles. The fourth-order valence-corrected chi connectivity index (χ4v) is 5.54. The van der Waals surface area contributed by atoms with Crippen LogP contribution in [0.25, 0.3) is 0 Å². The van der Waals surface area contributed by atoms with E-state index < -0.39 is 5.69 Å². The second-order valence-electron chi connectivity index (χ2n) is 5.65. The van der Waals surface area contributed by atoms with Crippen molar-refractivity contribution < 1.29 is 50.7 Å². The van der Waals surface area contributed by atoms with Crippen LogP contribution >= 0.6 is 17.1 Å². The van der Waals surface area contributed by atoms with Crippen molar-refractivity contribution in [2.24, 2.45) is 0 Å². The summed E-state index contributed by atoms with van der Waals surface area (Å²) in [5.74, 6) is 0.878. The minimum atomic E-state index is -2.82. The summed E-state index contributed by atoms with van der Waals surface area (Å²) in [6, 6.07) is 0. The molecule has 0 rings (SSSR count). The van der Waals surface area contributed by atoms with E-state index in [1.807, 2.05) is 0 Å². The zero-order valence-corrected chi connectivity index (χ0v) is 20.8. The standard InChI is InChI=1S/C16H35O2PS2.Pr/c1-3-5-7-9-11-13-15-18-19(17,20)21-16-14-12-10-8-6-4-2;/h3-16H2,1-2H3,(H,17,20);/p-1. The van der Waals surface area contributed by atoms with Crippen molar-refractivity contribution >= 4 is 28.9 Å². The second-order valence-corrected chi connectivity index (χ2v) is 11.8. The van der Waals surface area contributed by atoms with E-state index in [9.17, 15) is 4.89 Å². The molecule has 0 aliphatic heterocycles. The molecule has 6 heteroatoms. The van der Waals surface area contributed by atoms with Crippen LogP contribution < -0.4 is 4.89 Å². The van der Waals surface area contributed by atoms with Gasteiger partial charge in [0.25, 0.3) is 0 Å². The van der Waals surface area contributed by atoms with Gasteiger partial charge in [0.05, 0.1) is 6.61 Å². The van der Waals surface area contributed by atoms with Gasteiger partial charge < -0.3 is 9.42 Å². The molecule has 0 aromatic rings. The molecule has 2 nitrogen and oxygen atoms in total. The third-order valence-corrected chi connectivity index (χ3v) is 7.86. The van der Waals surface area contributed by atoms with E-state index in [0.717, 1.165) is 25.0 Å². The van der Waals surface area contributed by atoms with Gasteiger partial charge in [0.2, 0.25) is 0 Å². The summed E-state index contributed by atoms with van der Waals surface area (Å²) in [4.78, 5) is 12.0. The maximum absolute atomic E-state index is 12.0. The Bertz CT molecular complexity index is 247. The Labute approximate surface area is 181 Å². The molecule has 0 N–H and O–H groups in total. The van der Waals surface area contributed by atoms with Crippen LogP contribution in [0.2, 0.25) is 0 Å². The summed E-state index contributed by atoms with van der Waals surface area (Å²) in [6.07, 6.45) is 14.8. The molecule has 1 unspecified atom stereocenters. The van der Waals surface area contributed by atoms with Crippen LogP contribution in [0.4, 0.5) is 0 Å². The van der Waals surface area contributed by atoms with Crippen molar-refractivity contribution in [1.82, 2.24) is 0 Å². The molecule has 0 saturated carbocycles. The molecule has 22 heavy (non-hydrogen) atoms. The van der Waals surface area contributed by atoms with Gasteiger partial charge >= 0.3 is 0 Å². The van der Waals surface area contributed by atoms with Gasteiger partial charge in [0.15, 0.2) is 0 Å². The van der Waals surface area contributed by atoms with Gasteiger partial charge in [-0.15, -0.1) is 11.4 Å². The summed E-state index contributed by atoms with van der Waals surface area (Å²) in [5, 5.41) is 0. The van der Waals surface area contributed by atoms with Gasteiger partial charge in [-0.2, -0.15) is 0 Å². The van der Waals surface area contributed by atoms with Crippen LogP contribution in [0, 0.1) is 41.3 Å². The molecule has 0 aliphatic carbocycles. The molecule has 0 heterocycles. The summed E-state index contributed by atoms with van der Waals surface area (Å²) < 4.78 is 5.41. The Morgan fingerprint density at radius 1 is 0.818 bits per heavy atom. The Morgan fingerprint density at radius 2 is 1.27 bits per heavy atom. The van der Waals surface area contributed by atoms with Crippen LogP contribution in [0.3, 0.4) is 0 Å². The molecule has 0 saturated heterocycles. The minimum Gasteiger partial charge on any atom is -0.793 e. The molecule has 1 atom stereocenters. The summed E-state index contributed by atoms with van der Waals surface area (Å²) >= 11 is 6.44. The quantitative estimate of drug-likeness (QED) is 0.193. The molecule has 0 aliphatic rings. The van der Waals surface area contributed by atoms with Crippen LogP contribution in [0.1, 0.15) is 90.9 Å². The number of rotatable bonds is 16. The van der Waals surface area contributed by atoms with Crippen molar-refractivity contribution in [1.29, 1.82) is 0 Å². The number of hydrogen-bond donors (Lipinski definition) is 0. The summed E-state index contributed by atoms with van der Waals surface area (Å²) in [7, 11) is 0. The second kappa shape index (κ2) is 19.6. The van der Waals surface area contributed by atoms with Crippen LogP contribution in [-0.2, 0) is 16.3 Å². The van der Waals surface area contributed by atoms with E-state index in [-0.39, 0.29) is 41.3 Å². The molecule has 0 fully saturated rings. The van der Waals surface area contributed by atoms with Gasteiger partial charge in [0, 0.05) is 47.0 Å². The first-order valence-corrected chi connectivity index (χ1v) is 13.0. The van der Waals surface area contributed by atoms with E-state index in [1.165, 1.54) is 69.2 Å². The third kappa shape index (κ3) is 20.3. The van der Waals surface area contributed by atoms with E-state index in [1.54, 1.807) is 0 Å². The predicted octanol–water partition coefficient (Wildman–Crippen LogP) is 6.04. The molecular weight excluding hydrogens is 460 g/mol. The molecule has 0 spiro atoms. The Kier molecular flexibility index (Phi) is 23.6. The van der Waals surface area contributed by atoms with Gasteiger partial charge in [-0.25, -0.2) is 0 Å². The summed E-state index contributed by atoms with van der Waals surface area (Å²) in [5.41, 5.74) is -2.82. The smallest absolute Gasteiger partial charge is 0.0513 e. The maximum atomic E-state index is 12.0. The average Bonchev–Trinajstić information content (AvgIpc) is 2.45. The monoisotopic (exact) mass is 494 g/mol. The van der Waals surface area contributed by atoms with Gasteiger partial charge in [-0.05, 0) is 18.6 Å². The van der Waals surface area contributed by atoms with E-state index in [0.29, 0.717) is 6.61 Å². The molecule has 0 bridgehead atoms. The molecule has 0 aromatic heterocycles. The summed E-state index contributed by atoms with van der Waals surface area (Å²) in [6.45, 7) is 5.01. The first kappa shape index (κ1) is 26.5. The normalized spacial score (nSPS) is 13.6. The minimum absolute atomic E-state index is 0. The third-order valence-electron chi connectivity index (χ3n) is 3.49. The van der Waals surface area contributed by atoms with Crippen LogP contribution in [-0.4, -0.2) is 12.4 Å². The van der Waals surface area contributed by atoms with Crippen molar-refractivity contribution in [3.05, 3.63) is 0 Å². The van der Waals surface area contributed by atoms with Crippen molar-refractivity contribution in [3.63, 3.8) is 0 Å². The first-order valence-electron chi connectivity index (χ1n) is 8.72. The van der Waals surface area contributed by atoms with E-state index in [4.69, 9.17) is 16.3 Å². The zero-order valence-electron chi connectivity index (χ0n) is 14.6. The largest absolute Gasteiger partial charge is 0.793 e. The number of hydrogen-bond acceptors (Lipinski definition) is 4. The van der Waals surface area contributed by atoms with Crippen molar-refractivity contribution in [2.75, 3.05) is 12.4 Å². The van der Waals surface area contributed by atoms with Gasteiger partial charge in [0.1, 0.15) is 0 Å². The zero-order chi connectivity index (χ0) is 15.8.